The Bertz CT molecular complexity index is 668. The molecule has 0 bridgehead atoms. The Morgan fingerprint density at radius 3 is 2.84 bits per heavy atom. The normalized spacial score (nSPS) is 10.5. The van der Waals surface area contributed by atoms with Crippen LogP contribution in [0.25, 0.3) is 10.9 Å². The van der Waals surface area contributed by atoms with Crippen molar-refractivity contribution in [3.05, 3.63) is 40.1 Å². The van der Waals surface area contributed by atoms with Crippen LogP contribution in [0.4, 0.5) is 5.69 Å². The summed E-state index contributed by atoms with van der Waals surface area (Å²) >= 11 is 0. The molecule has 0 spiro atoms. The largest absolute Gasteiger partial charge is 0.501 e. The van der Waals surface area contributed by atoms with Crippen molar-refractivity contribution in [1.82, 2.24) is 4.98 Å². The molecule has 1 aromatic carbocycles. The molecule has 7 nitrogen and oxygen atoms in total. The lowest BCUT2D eigenvalue weighted by molar-refractivity contribution is -0.385. The molecule has 2 rings (SSSR count). The molecule has 0 atom stereocenters. The third-order valence-electron chi connectivity index (χ3n) is 2.74. The van der Waals surface area contributed by atoms with E-state index in [2.05, 4.69) is 4.98 Å². The zero-order valence-corrected chi connectivity index (χ0v) is 9.74. The van der Waals surface area contributed by atoms with Gasteiger partial charge in [-0.2, -0.15) is 0 Å². The van der Waals surface area contributed by atoms with Gasteiger partial charge in [0.05, 0.1) is 4.92 Å². The van der Waals surface area contributed by atoms with Gasteiger partial charge in [-0.25, -0.2) is 0 Å². The number of carbonyl (C=O) groups is 1. The summed E-state index contributed by atoms with van der Waals surface area (Å²) in [6.45, 7) is 0. The van der Waals surface area contributed by atoms with Crippen LogP contribution in [0.1, 0.15) is 12.0 Å². The minimum absolute atomic E-state index is 0.108. The molecule has 0 amide bonds. The molecule has 0 radical (unpaired) electrons. The van der Waals surface area contributed by atoms with Gasteiger partial charge in [0, 0.05) is 24.1 Å². The average molecular weight is 262 g/mol. The van der Waals surface area contributed by atoms with Crippen LogP contribution in [0.2, 0.25) is 0 Å². The van der Waals surface area contributed by atoms with Crippen LogP contribution in [-0.2, 0) is 11.2 Å². The maximum absolute atomic E-state index is 10.9. The number of nitro groups is 1. The smallest absolute Gasteiger partial charge is 0.313 e. The number of benzene rings is 1. The molecule has 19 heavy (non-hydrogen) atoms. The van der Waals surface area contributed by atoms with Gasteiger partial charge in [-0.1, -0.05) is 6.07 Å². The minimum Gasteiger partial charge on any atom is -0.501 e. The van der Waals surface area contributed by atoms with Gasteiger partial charge in [-0.05, 0) is 18.1 Å². The number of aliphatic carboxylic acids is 1. The van der Waals surface area contributed by atoms with Crippen molar-refractivity contribution in [3.63, 3.8) is 0 Å². The van der Waals surface area contributed by atoms with Crippen LogP contribution >= 0.6 is 0 Å². The molecule has 0 unspecified atom stereocenters. The van der Waals surface area contributed by atoms with Gasteiger partial charge in [0.25, 0.3) is 0 Å². The lowest BCUT2D eigenvalue weighted by atomic mass is 10.0. The number of aromatic hydroxyl groups is 1. The highest BCUT2D eigenvalue weighted by atomic mass is 16.6. The van der Waals surface area contributed by atoms with E-state index in [0.29, 0.717) is 10.9 Å². The van der Waals surface area contributed by atoms with E-state index >= 15 is 0 Å². The molecular formula is C12H10N2O5. The second-order valence-electron chi connectivity index (χ2n) is 3.95. The lowest BCUT2D eigenvalue weighted by Crippen LogP contribution is -2.00. The molecule has 2 aromatic rings. The second kappa shape index (κ2) is 4.89. The Morgan fingerprint density at radius 2 is 2.21 bits per heavy atom. The van der Waals surface area contributed by atoms with Gasteiger partial charge in [0.2, 0.25) is 5.75 Å². The van der Waals surface area contributed by atoms with E-state index in [-0.39, 0.29) is 18.4 Å². The first kappa shape index (κ1) is 12.7. The summed E-state index contributed by atoms with van der Waals surface area (Å²) in [7, 11) is 0. The number of carboxylic acids is 1. The van der Waals surface area contributed by atoms with Crippen molar-refractivity contribution in [1.29, 1.82) is 0 Å². The van der Waals surface area contributed by atoms with Crippen LogP contribution in [0.15, 0.2) is 24.4 Å². The number of phenols is 1. The van der Waals surface area contributed by atoms with E-state index < -0.39 is 22.3 Å². The van der Waals surface area contributed by atoms with Crippen molar-refractivity contribution in [2.45, 2.75) is 12.8 Å². The molecule has 0 saturated carbocycles. The SMILES string of the molecule is O=C(O)CCc1cc([N+](=O)[O-])c(O)c2ncccc12. The molecule has 1 heterocycles. The van der Waals surface area contributed by atoms with Crippen LogP contribution < -0.4 is 0 Å². The molecule has 98 valence electrons. The Kier molecular flexibility index (Phi) is 3.28. The van der Waals surface area contributed by atoms with Crippen molar-refractivity contribution < 1.29 is 19.9 Å². The van der Waals surface area contributed by atoms with Crippen LogP contribution in [-0.4, -0.2) is 26.1 Å². The predicted octanol–water partition coefficient (Wildman–Crippen LogP) is 1.87. The highest BCUT2D eigenvalue weighted by molar-refractivity contribution is 5.91. The summed E-state index contributed by atoms with van der Waals surface area (Å²) in [5, 5.41) is 29.9. The number of pyridine rings is 1. The number of rotatable bonds is 4. The number of nitrogens with zero attached hydrogens (tertiary/aromatic N) is 2. The molecule has 0 aliphatic heterocycles. The molecule has 7 heteroatoms. The number of nitro benzene ring substituents is 1. The number of phenolic OH excluding ortho intramolecular Hbond substituents is 1. The summed E-state index contributed by atoms with van der Waals surface area (Å²) in [5.41, 5.74) is 0.124. The van der Waals surface area contributed by atoms with E-state index in [1.165, 1.54) is 12.3 Å². The maximum atomic E-state index is 10.9. The van der Waals surface area contributed by atoms with E-state index in [1.54, 1.807) is 12.1 Å². The molecule has 0 aliphatic rings. The third-order valence-corrected chi connectivity index (χ3v) is 2.74. The Hall–Kier alpha value is -2.70. The van der Waals surface area contributed by atoms with Gasteiger partial charge in [0.15, 0.2) is 0 Å². The number of hydrogen-bond donors (Lipinski definition) is 2. The van der Waals surface area contributed by atoms with Crippen LogP contribution in [0.3, 0.4) is 0 Å². The lowest BCUT2D eigenvalue weighted by Gasteiger charge is -2.07. The molecular weight excluding hydrogens is 252 g/mol. The van der Waals surface area contributed by atoms with Crippen LogP contribution in [0.5, 0.6) is 5.75 Å². The number of aryl methyl sites for hydroxylation is 1. The number of carboxylic acid groups (broad SMARTS) is 1. The average Bonchev–Trinajstić information content (AvgIpc) is 2.37. The Morgan fingerprint density at radius 1 is 1.47 bits per heavy atom. The molecule has 1 aromatic heterocycles. The van der Waals surface area contributed by atoms with E-state index in [0.717, 1.165) is 0 Å². The third kappa shape index (κ3) is 2.44. The number of fused-ring (bicyclic) bond motifs is 1. The van der Waals surface area contributed by atoms with Crippen molar-refractivity contribution >= 4 is 22.6 Å². The summed E-state index contributed by atoms with van der Waals surface area (Å²) in [6, 6.07) is 4.46. The summed E-state index contributed by atoms with van der Waals surface area (Å²) in [6.07, 6.45) is 1.40. The first-order valence-electron chi connectivity index (χ1n) is 5.46. The van der Waals surface area contributed by atoms with E-state index in [9.17, 15) is 20.0 Å². The van der Waals surface area contributed by atoms with E-state index in [4.69, 9.17) is 5.11 Å². The topological polar surface area (TPSA) is 114 Å². The van der Waals surface area contributed by atoms with Crippen molar-refractivity contribution in [3.8, 4) is 5.75 Å². The predicted molar refractivity (Wildman–Crippen MR) is 66.0 cm³/mol. The molecule has 0 aliphatic carbocycles. The minimum atomic E-state index is -0.993. The first-order chi connectivity index (χ1) is 9.00. The standard InChI is InChI=1S/C12H10N2O5/c15-10(16)4-3-7-6-9(14(18)19)12(17)11-8(7)2-1-5-13-11/h1-2,5-6,17H,3-4H2,(H,15,16). The summed E-state index contributed by atoms with van der Waals surface area (Å²) in [5.74, 6) is -1.49. The summed E-state index contributed by atoms with van der Waals surface area (Å²) < 4.78 is 0. The highest BCUT2D eigenvalue weighted by Crippen LogP contribution is 2.35. The van der Waals surface area contributed by atoms with E-state index in [1.807, 2.05) is 0 Å². The maximum Gasteiger partial charge on any atom is 0.313 e. The zero-order chi connectivity index (χ0) is 14.0. The first-order valence-corrected chi connectivity index (χ1v) is 5.46. The fourth-order valence-corrected chi connectivity index (χ4v) is 1.87. The molecule has 0 saturated heterocycles. The fraction of sp³-hybridized carbons (Fsp3) is 0.167. The quantitative estimate of drug-likeness (QED) is 0.642. The Balaban J connectivity index is 2.64. The second-order valence-corrected chi connectivity index (χ2v) is 3.95. The van der Waals surface area contributed by atoms with Gasteiger partial charge in [-0.3, -0.25) is 19.9 Å². The van der Waals surface area contributed by atoms with Crippen molar-refractivity contribution in [2.75, 3.05) is 0 Å². The highest BCUT2D eigenvalue weighted by Gasteiger charge is 2.20. The molecule has 0 fully saturated rings. The molecule has 2 N–H and O–H groups in total. The van der Waals surface area contributed by atoms with Crippen LogP contribution in [0, 0.1) is 10.1 Å². The van der Waals surface area contributed by atoms with Gasteiger partial charge in [0.1, 0.15) is 5.52 Å². The van der Waals surface area contributed by atoms with Crippen molar-refractivity contribution in [2.24, 2.45) is 0 Å². The Labute approximate surface area is 107 Å². The monoisotopic (exact) mass is 262 g/mol. The number of hydrogen-bond acceptors (Lipinski definition) is 5. The van der Waals surface area contributed by atoms with Gasteiger partial charge < -0.3 is 10.2 Å². The number of aromatic nitrogens is 1. The zero-order valence-electron chi connectivity index (χ0n) is 9.74. The fourth-order valence-electron chi connectivity index (χ4n) is 1.87. The summed E-state index contributed by atoms with van der Waals surface area (Å²) in [4.78, 5) is 24.6. The van der Waals surface area contributed by atoms with Gasteiger partial charge >= 0.3 is 11.7 Å². The van der Waals surface area contributed by atoms with Gasteiger partial charge in [-0.15, -0.1) is 0 Å².